The lowest BCUT2D eigenvalue weighted by atomic mass is 10.3. The molecule has 1 fully saturated rings. The summed E-state index contributed by atoms with van der Waals surface area (Å²) in [6.07, 6.45) is 2.00. The first-order chi connectivity index (χ1) is 7.78. The fourth-order valence-corrected chi connectivity index (χ4v) is 3.00. The second kappa shape index (κ2) is 5.65. The quantitative estimate of drug-likeness (QED) is 0.814. The van der Waals surface area contributed by atoms with Gasteiger partial charge in [-0.25, -0.2) is 0 Å². The average molecular weight is 241 g/mol. The predicted octanol–water partition coefficient (Wildman–Crippen LogP) is 0.174. The van der Waals surface area contributed by atoms with Gasteiger partial charge in [-0.1, -0.05) is 12.1 Å². The Balaban J connectivity index is 1.87. The topological polar surface area (TPSA) is 60.0 Å². The Morgan fingerprint density at radius 3 is 3.25 bits per heavy atom. The molecular formula is C10H19N5S. The maximum Gasteiger partial charge on any atom is 0.0967 e. The maximum atomic E-state index is 5.47. The Labute approximate surface area is 100 Å². The molecule has 1 aliphatic heterocycles. The van der Waals surface area contributed by atoms with Gasteiger partial charge in [-0.15, -0.1) is 5.10 Å². The van der Waals surface area contributed by atoms with Gasteiger partial charge >= 0.3 is 0 Å². The molecule has 0 aliphatic carbocycles. The molecule has 0 amide bonds. The summed E-state index contributed by atoms with van der Waals surface area (Å²) in [5.74, 6) is 1.22. The number of rotatable bonds is 4. The van der Waals surface area contributed by atoms with Gasteiger partial charge in [0.2, 0.25) is 0 Å². The molecule has 1 unspecified atom stereocenters. The van der Waals surface area contributed by atoms with Gasteiger partial charge in [0.05, 0.1) is 12.2 Å². The van der Waals surface area contributed by atoms with E-state index in [2.05, 4.69) is 22.1 Å². The molecule has 0 aromatic carbocycles. The van der Waals surface area contributed by atoms with Crippen LogP contribution in [0.15, 0.2) is 6.20 Å². The molecule has 0 bridgehead atoms. The zero-order chi connectivity index (χ0) is 11.4. The van der Waals surface area contributed by atoms with E-state index in [1.807, 2.05) is 22.6 Å². The van der Waals surface area contributed by atoms with Crippen LogP contribution in [0.25, 0.3) is 0 Å². The molecule has 0 saturated carbocycles. The van der Waals surface area contributed by atoms with Crippen molar-refractivity contribution in [1.29, 1.82) is 0 Å². The summed E-state index contributed by atoms with van der Waals surface area (Å²) in [6.45, 7) is 6.85. The van der Waals surface area contributed by atoms with Crippen LogP contribution in [-0.2, 0) is 13.1 Å². The van der Waals surface area contributed by atoms with Crippen LogP contribution in [0.4, 0.5) is 0 Å². The summed E-state index contributed by atoms with van der Waals surface area (Å²) < 4.78 is 1.82. The molecule has 1 atom stereocenters. The van der Waals surface area contributed by atoms with Crippen molar-refractivity contribution >= 4 is 11.8 Å². The Kier molecular flexibility index (Phi) is 4.20. The van der Waals surface area contributed by atoms with E-state index in [0.29, 0.717) is 6.54 Å². The standard InChI is InChI=1S/C10H19N5S/c1-9-6-14(4-5-16-9)7-10-8-15(3-2-11)13-12-10/h8-9H,2-7,11H2,1H3. The second-order valence-corrected chi connectivity index (χ2v) is 5.72. The minimum atomic E-state index is 0.611. The van der Waals surface area contributed by atoms with Crippen LogP contribution in [-0.4, -0.2) is 50.5 Å². The molecule has 2 rings (SSSR count). The van der Waals surface area contributed by atoms with E-state index in [1.54, 1.807) is 0 Å². The minimum Gasteiger partial charge on any atom is -0.329 e. The molecule has 6 heteroatoms. The summed E-state index contributed by atoms with van der Waals surface area (Å²) in [5, 5.41) is 8.94. The lowest BCUT2D eigenvalue weighted by molar-refractivity contribution is 0.275. The van der Waals surface area contributed by atoms with Crippen molar-refractivity contribution in [3.8, 4) is 0 Å². The van der Waals surface area contributed by atoms with Gasteiger partial charge < -0.3 is 5.73 Å². The van der Waals surface area contributed by atoms with Crippen LogP contribution >= 0.6 is 11.8 Å². The molecule has 2 heterocycles. The van der Waals surface area contributed by atoms with Crippen molar-refractivity contribution in [3.63, 3.8) is 0 Å². The zero-order valence-corrected chi connectivity index (χ0v) is 10.5. The van der Waals surface area contributed by atoms with E-state index >= 15 is 0 Å². The molecule has 0 spiro atoms. The van der Waals surface area contributed by atoms with E-state index in [1.165, 1.54) is 5.75 Å². The first-order valence-corrected chi connectivity index (χ1v) is 6.76. The smallest absolute Gasteiger partial charge is 0.0967 e. The minimum absolute atomic E-state index is 0.611. The highest BCUT2D eigenvalue weighted by molar-refractivity contribution is 7.99. The highest BCUT2D eigenvalue weighted by atomic mass is 32.2. The molecule has 1 aromatic rings. The van der Waals surface area contributed by atoms with Crippen molar-refractivity contribution in [2.75, 3.05) is 25.4 Å². The SMILES string of the molecule is CC1CN(Cc2cn(CCN)nn2)CCS1. The van der Waals surface area contributed by atoms with Crippen LogP contribution in [0.2, 0.25) is 0 Å². The van der Waals surface area contributed by atoms with Gasteiger partial charge in [-0.3, -0.25) is 9.58 Å². The Bertz CT molecular complexity index is 327. The number of hydrogen-bond acceptors (Lipinski definition) is 5. The fraction of sp³-hybridized carbons (Fsp3) is 0.800. The fourth-order valence-electron chi connectivity index (χ4n) is 1.92. The maximum absolute atomic E-state index is 5.47. The van der Waals surface area contributed by atoms with E-state index in [4.69, 9.17) is 5.73 Å². The summed E-state index contributed by atoms with van der Waals surface area (Å²) in [6, 6.07) is 0. The van der Waals surface area contributed by atoms with Gasteiger partial charge in [0, 0.05) is 43.4 Å². The molecule has 1 saturated heterocycles. The molecule has 0 radical (unpaired) electrons. The van der Waals surface area contributed by atoms with Gasteiger partial charge in [0.15, 0.2) is 0 Å². The average Bonchev–Trinajstić information content (AvgIpc) is 2.66. The highest BCUT2D eigenvalue weighted by Gasteiger charge is 2.17. The molecule has 16 heavy (non-hydrogen) atoms. The van der Waals surface area contributed by atoms with Gasteiger partial charge in [0.25, 0.3) is 0 Å². The number of thioether (sulfide) groups is 1. The van der Waals surface area contributed by atoms with Crippen molar-refractivity contribution in [1.82, 2.24) is 19.9 Å². The van der Waals surface area contributed by atoms with E-state index in [-0.39, 0.29) is 0 Å². The predicted molar refractivity (Wildman–Crippen MR) is 66.3 cm³/mol. The Morgan fingerprint density at radius 2 is 2.50 bits per heavy atom. The molecule has 1 aromatic heterocycles. The first kappa shape index (κ1) is 11.9. The molecule has 90 valence electrons. The number of nitrogens with zero attached hydrogens (tertiary/aromatic N) is 4. The molecular weight excluding hydrogens is 222 g/mol. The van der Waals surface area contributed by atoms with Gasteiger partial charge in [0.1, 0.15) is 0 Å². The molecule has 5 nitrogen and oxygen atoms in total. The third-order valence-corrected chi connectivity index (χ3v) is 3.79. The van der Waals surface area contributed by atoms with Crippen molar-refractivity contribution in [2.45, 2.75) is 25.3 Å². The summed E-state index contributed by atoms with van der Waals surface area (Å²) in [4.78, 5) is 2.44. The van der Waals surface area contributed by atoms with E-state index in [0.717, 1.165) is 37.1 Å². The van der Waals surface area contributed by atoms with E-state index < -0.39 is 0 Å². The van der Waals surface area contributed by atoms with Crippen LogP contribution in [0.1, 0.15) is 12.6 Å². The summed E-state index contributed by atoms with van der Waals surface area (Å²) in [7, 11) is 0. The first-order valence-electron chi connectivity index (χ1n) is 5.71. The lowest BCUT2D eigenvalue weighted by Crippen LogP contribution is -2.36. The number of aromatic nitrogens is 3. The lowest BCUT2D eigenvalue weighted by Gasteiger charge is -2.29. The summed E-state index contributed by atoms with van der Waals surface area (Å²) in [5.41, 5.74) is 6.52. The Hall–Kier alpha value is -0.590. The van der Waals surface area contributed by atoms with Crippen LogP contribution < -0.4 is 5.73 Å². The highest BCUT2D eigenvalue weighted by Crippen LogP contribution is 2.18. The Morgan fingerprint density at radius 1 is 1.62 bits per heavy atom. The number of hydrogen-bond donors (Lipinski definition) is 1. The third-order valence-electron chi connectivity index (χ3n) is 2.66. The van der Waals surface area contributed by atoms with Crippen molar-refractivity contribution in [2.24, 2.45) is 5.73 Å². The monoisotopic (exact) mass is 241 g/mol. The molecule has 2 N–H and O–H groups in total. The van der Waals surface area contributed by atoms with Gasteiger partial charge in [-0.05, 0) is 0 Å². The normalized spacial score (nSPS) is 22.5. The van der Waals surface area contributed by atoms with Crippen molar-refractivity contribution in [3.05, 3.63) is 11.9 Å². The zero-order valence-electron chi connectivity index (χ0n) is 9.67. The largest absolute Gasteiger partial charge is 0.329 e. The second-order valence-electron chi connectivity index (χ2n) is 4.18. The van der Waals surface area contributed by atoms with Gasteiger partial charge in [-0.2, -0.15) is 11.8 Å². The van der Waals surface area contributed by atoms with Crippen LogP contribution in [0.5, 0.6) is 0 Å². The van der Waals surface area contributed by atoms with Crippen LogP contribution in [0.3, 0.4) is 0 Å². The molecule has 1 aliphatic rings. The van der Waals surface area contributed by atoms with E-state index in [9.17, 15) is 0 Å². The van der Waals surface area contributed by atoms with Crippen LogP contribution in [0, 0.1) is 0 Å². The number of nitrogens with two attached hydrogens (primary N) is 1. The third kappa shape index (κ3) is 3.20. The summed E-state index contributed by atoms with van der Waals surface area (Å²) >= 11 is 2.05. The van der Waals surface area contributed by atoms with Crippen molar-refractivity contribution < 1.29 is 0 Å².